The third-order valence-electron chi connectivity index (χ3n) is 2.82. The molecule has 0 aliphatic rings. The smallest absolute Gasteiger partial charge is 0.153 e. The fraction of sp³-hybridized carbons (Fsp3) is 0.214. The van der Waals surface area contributed by atoms with Crippen molar-refractivity contribution in [3.8, 4) is 11.5 Å². The molecule has 0 unspecified atom stereocenters. The molecule has 0 saturated carbocycles. The summed E-state index contributed by atoms with van der Waals surface area (Å²) in [4.78, 5) is 0. The second kappa shape index (κ2) is 4.56. The van der Waals surface area contributed by atoms with Crippen LogP contribution >= 0.6 is 0 Å². The minimum atomic E-state index is 0.813. The summed E-state index contributed by atoms with van der Waals surface area (Å²) in [6.45, 7) is 3.05. The van der Waals surface area contributed by atoms with E-state index in [2.05, 4.69) is 22.4 Å². The minimum Gasteiger partial charge on any atom is -0.454 e. The van der Waals surface area contributed by atoms with Gasteiger partial charge in [-0.15, -0.1) is 0 Å². The van der Waals surface area contributed by atoms with Crippen molar-refractivity contribution in [1.29, 1.82) is 0 Å². The van der Waals surface area contributed by atoms with Gasteiger partial charge in [-0.25, -0.2) is 0 Å². The number of nitrogens with zero attached hydrogens (tertiary/aromatic N) is 1. The molecule has 0 saturated heterocycles. The Morgan fingerprint density at radius 2 is 2.17 bits per heavy atom. The standard InChI is InChI=1S/C14H15N3O/c1-2-7-15-14-9-11(16-17-14)13-8-10-5-3-4-6-12(10)18-13/h3-6,8-9H,2,7H2,1H3,(H2,15,16,17). The van der Waals surface area contributed by atoms with Gasteiger partial charge in [0.1, 0.15) is 17.1 Å². The summed E-state index contributed by atoms with van der Waals surface area (Å²) in [7, 11) is 0. The first-order valence-corrected chi connectivity index (χ1v) is 6.15. The highest BCUT2D eigenvalue weighted by atomic mass is 16.3. The highest BCUT2D eigenvalue weighted by Gasteiger charge is 2.08. The lowest BCUT2D eigenvalue weighted by molar-refractivity contribution is 0.628. The maximum absolute atomic E-state index is 5.77. The molecule has 0 aliphatic heterocycles. The molecule has 2 N–H and O–H groups in total. The number of hydrogen-bond acceptors (Lipinski definition) is 3. The van der Waals surface area contributed by atoms with Crippen molar-refractivity contribution in [3.05, 3.63) is 36.4 Å². The van der Waals surface area contributed by atoms with Gasteiger partial charge in [-0.1, -0.05) is 25.1 Å². The first kappa shape index (κ1) is 10.9. The average Bonchev–Trinajstić information content (AvgIpc) is 3.02. The number of para-hydroxylation sites is 1. The Labute approximate surface area is 105 Å². The van der Waals surface area contributed by atoms with Gasteiger partial charge in [0.15, 0.2) is 5.76 Å². The number of nitrogens with one attached hydrogen (secondary N) is 2. The summed E-state index contributed by atoms with van der Waals surface area (Å²) >= 11 is 0. The van der Waals surface area contributed by atoms with Gasteiger partial charge in [0.05, 0.1) is 0 Å². The van der Waals surface area contributed by atoms with Crippen molar-refractivity contribution >= 4 is 16.8 Å². The highest BCUT2D eigenvalue weighted by Crippen LogP contribution is 2.27. The molecule has 1 aromatic carbocycles. The van der Waals surface area contributed by atoms with Crippen LogP contribution < -0.4 is 5.32 Å². The van der Waals surface area contributed by atoms with E-state index in [1.54, 1.807) is 0 Å². The Morgan fingerprint density at radius 3 is 3.00 bits per heavy atom. The molecule has 0 spiro atoms. The summed E-state index contributed by atoms with van der Waals surface area (Å²) in [5.41, 5.74) is 1.79. The van der Waals surface area contributed by atoms with Crippen LogP contribution in [0.15, 0.2) is 40.8 Å². The van der Waals surface area contributed by atoms with Crippen molar-refractivity contribution in [2.24, 2.45) is 0 Å². The Balaban J connectivity index is 1.91. The number of H-pyrrole nitrogens is 1. The summed E-state index contributed by atoms with van der Waals surface area (Å²) in [6, 6.07) is 12.0. The zero-order chi connectivity index (χ0) is 12.4. The molecular weight excluding hydrogens is 226 g/mol. The molecule has 0 aliphatic carbocycles. The second-order valence-corrected chi connectivity index (χ2v) is 4.24. The number of hydrogen-bond donors (Lipinski definition) is 2. The number of aromatic nitrogens is 2. The molecule has 4 nitrogen and oxygen atoms in total. The lowest BCUT2D eigenvalue weighted by Gasteiger charge is -1.96. The predicted molar refractivity (Wildman–Crippen MR) is 72.6 cm³/mol. The Hall–Kier alpha value is -2.23. The molecule has 92 valence electrons. The molecule has 3 aromatic rings. The lowest BCUT2D eigenvalue weighted by atomic mass is 10.2. The van der Waals surface area contributed by atoms with E-state index in [-0.39, 0.29) is 0 Å². The van der Waals surface area contributed by atoms with E-state index in [1.165, 1.54) is 0 Å². The van der Waals surface area contributed by atoms with Crippen LogP contribution in [0.3, 0.4) is 0 Å². The summed E-state index contributed by atoms with van der Waals surface area (Å²) in [5.74, 6) is 1.67. The maximum Gasteiger partial charge on any atom is 0.153 e. The third kappa shape index (κ3) is 1.97. The molecule has 0 bridgehead atoms. The van der Waals surface area contributed by atoms with E-state index >= 15 is 0 Å². The maximum atomic E-state index is 5.77. The van der Waals surface area contributed by atoms with E-state index in [4.69, 9.17) is 4.42 Å². The second-order valence-electron chi connectivity index (χ2n) is 4.24. The molecule has 3 rings (SSSR count). The lowest BCUT2D eigenvalue weighted by Crippen LogP contribution is -1.99. The number of benzene rings is 1. The molecule has 18 heavy (non-hydrogen) atoms. The summed E-state index contributed by atoms with van der Waals surface area (Å²) < 4.78 is 5.77. The first-order valence-electron chi connectivity index (χ1n) is 6.15. The fourth-order valence-corrected chi connectivity index (χ4v) is 1.91. The van der Waals surface area contributed by atoms with Crippen LogP contribution in [0.25, 0.3) is 22.4 Å². The zero-order valence-corrected chi connectivity index (χ0v) is 10.2. The molecule has 0 radical (unpaired) electrons. The van der Waals surface area contributed by atoms with Crippen molar-refractivity contribution in [2.45, 2.75) is 13.3 Å². The largest absolute Gasteiger partial charge is 0.454 e. The van der Waals surface area contributed by atoms with Crippen LogP contribution in [0.2, 0.25) is 0 Å². The Bertz CT molecular complexity index is 621. The van der Waals surface area contributed by atoms with E-state index in [0.29, 0.717) is 0 Å². The van der Waals surface area contributed by atoms with Crippen molar-refractivity contribution in [3.63, 3.8) is 0 Å². The normalized spacial score (nSPS) is 10.9. The zero-order valence-electron chi connectivity index (χ0n) is 10.2. The number of fused-ring (bicyclic) bond motifs is 1. The van der Waals surface area contributed by atoms with Gasteiger partial charge in [0.25, 0.3) is 0 Å². The van der Waals surface area contributed by atoms with Gasteiger partial charge in [-0.05, 0) is 18.6 Å². The molecule has 2 heterocycles. The molecule has 0 fully saturated rings. The number of furan rings is 1. The van der Waals surface area contributed by atoms with Gasteiger partial charge in [0, 0.05) is 18.0 Å². The van der Waals surface area contributed by atoms with Gasteiger partial charge in [0.2, 0.25) is 0 Å². The summed E-state index contributed by atoms with van der Waals surface area (Å²) in [5, 5.41) is 11.5. The van der Waals surface area contributed by atoms with Crippen LogP contribution in [0.1, 0.15) is 13.3 Å². The Kier molecular flexibility index (Phi) is 2.76. The minimum absolute atomic E-state index is 0.813. The Morgan fingerprint density at radius 1 is 1.28 bits per heavy atom. The average molecular weight is 241 g/mol. The monoisotopic (exact) mass is 241 g/mol. The van der Waals surface area contributed by atoms with Crippen molar-refractivity contribution < 1.29 is 4.42 Å². The molecule has 0 amide bonds. The van der Waals surface area contributed by atoms with Crippen molar-refractivity contribution in [2.75, 3.05) is 11.9 Å². The predicted octanol–water partition coefficient (Wildman–Crippen LogP) is 3.64. The van der Waals surface area contributed by atoms with Gasteiger partial charge < -0.3 is 9.73 Å². The highest BCUT2D eigenvalue weighted by molar-refractivity contribution is 5.82. The first-order chi connectivity index (χ1) is 8.86. The third-order valence-corrected chi connectivity index (χ3v) is 2.82. The van der Waals surface area contributed by atoms with E-state index in [0.717, 1.165) is 41.2 Å². The van der Waals surface area contributed by atoms with Gasteiger partial charge in [-0.2, -0.15) is 5.10 Å². The van der Waals surface area contributed by atoms with E-state index in [9.17, 15) is 0 Å². The SMILES string of the molecule is CCCNc1cc(-c2cc3ccccc3o2)[nH]n1. The molecule has 2 aromatic heterocycles. The van der Waals surface area contributed by atoms with Gasteiger partial charge >= 0.3 is 0 Å². The van der Waals surface area contributed by atoms with Crippen LogP contribution in [0.4, 0.5) is 5.82 Å². The van der Waals surface area contributed by atoms with E-state index in [1.807, 2.05) is 36.4 Å². The fourth-order valence-electron chi connectivity index (χ4n) is 1.91. The van der Waals surface area contributed by atoms with Crippen molar-refractivity contribution in [1.82, 2.24) is 10.2 Å². The molecule has 4 heteroatoms. The van der Waals surface area contributed by atoms with Gasteiger partial charge in [-0.3, -0.25) is 5.10 Å². The van der Waals surface area contributed by atoms with Crippen LogP contribution in [0.5, 0.6) is 0 Å². The quantitative estimate of drug-likeness (QED) is 0.733. The number of anilines is 1. The van der Waals surface area contributed by atoms with Crippen LogP contribution in [-0.2, 0) is 0 Å². The number of rotatable bonds is 4. The van der Waals surface area contributed by atoms with Crippen LogP contribution in [0, 0.1) is 0 Å². The summed E-state index contributed by atoms with van der Waals surface area (Å²) in [6.07, 6.45) is 1.08. The molecular formula is C14H15N3O. The number of aromatic amines is 1. The molecule has 0 atom stereocenters. The van der Waals surface area contributed by atoms with E-state index < -0.39 is 0 Å². The topological polar surface area (TPSA) is 53.9 Å². The van der Waals surface area contributed by atoms with Crippen LogP contribution in [-0.4, -0.2) is 16.7 Å².